The van der Waals surface area contributed by atoms with E-state index in [1.165, 1.54) is 6.20 Å². The fraction of sp³-hybridized carbons (Fsp3) is 0.353. The third-order valence-corrected chi connectivity index (χ3v) is 3.48. The van der Waals surface area contributed by atoms with Crippen molar-refractivity contribution in [2.75, 3.05) is 18.4 Å². The molecule has 0 bridgehead atoms. The van der Waals surface area contributed by atoms with Gasteiger partial charge in [0.25, 0.3) is 5.91 Å². The number of carbonyl (C=O) groups is 1. The van der Waals surface area contributed by atoms with Crippen molar-refractivity contribution < 1.29 is 9.53 Å². The number of para-hydroxylation sites is 1. The van der Waals surface area contributed by atoms with Crippen molar-refractivity contribution in [2.45, 2.75) is 26.1 Å². The first-order valence-electron chi connectivity index (χ1n) is 7.35. The molecule has 1 N–H and O–H groups in total. The molecule has 0 saturated carbocycles. The van der Waals surface area contributed by atoms with Crippen LogP contribution in [0.1, 0.15) is 19.4 Å². The van der Waals surface area contributed by atoms with Gasteiger partial charge in [0.1, 0.15) is 17.7 Å². The largest absolute Gasteiger partial charge is 0.372 e. The molecule has 2 rings (SSSR count). The standard InChI is InChI=1S/C17H18N4O2/c1-12-10-21(11-13(2)23-12)17(22)15(8-19)9-20-16-6-4-3-5-14(16)7-18/h3-6,9,12-13,20H,10-11H2,1-2H3/b15-9-. The number of rotatable bonds is 3. The Labute approximate surface area is 135 Å². The van der Waals surface area contributed by atoms with E-state index in [1.807, 2.05) is 19.9 Å². The molecule has 23 heavy (non-hydrogen) atoms. The van der Waals surface area contributed by atoms with Crippen LogP contribution in [0.4, 0.5) is 5.69 Å². The van der Waals surface area contributed by atoms with E-state index in [0.29, 0.717) is 24.3 Å². The number of nitriles is 2. The lowest BCUT2D eigenvalue weighted by Crippen LogP contribution is -2.48. The molecule has 0 spiro atoms. The Morgan fingerprint density at radius 2 is 1.96 bits per heavy atom. The first kappa shape index (κ1) is 16.5. The lowest BCUT2D eigenvalue weighted by molar-refractivity contribution is -0.138. The highest BCUT2D eigenvalue weighted by molar-refractivity contribution is 5.97. The second-order valence-electron chi connectivity index (χ2n) is 5.44. The van der Waals surface area contributed by atoms with Crippen molar-refractivity contribution in [3.63, 3.8) is 0 Å². The maximum absolute atomic E-state index is 12.5. The summed E-state index contributed by atoms with van der Waals surface area (Å²) >= 11 is 0. The summed E-state index contributed by atoms with van der Waals surface area (Å²) in [6.45, 7) is 4.70. The van der Waals surface area contributed by atoms with Gasteiger partial charge in [0.15, 0.2) is 0 Å². The van der Waals surface area contributed by atoms with Gasteiger partial charge in [0.05, 0.1) is 23.5 Å². The number of carbonyl (C=O) groups excluding carboxylic acids is 1. The van der Waals surface area contributed by atoms with Gasteiger partial charge >= 0.3 is 0 Å². The lowest BCUT2D eigenvalue weighted by atomic mass is 10.1. The van der Waals surface area contributed by atoms with Crippen LogP contribution in [-0.4, -0.2) is 36.1 Å². The summed E-state index contributed by atoms with van der Waals surface area (Å²) in [5.41, 5.74) is 1.00. The molecular weight excluding hydrogens is 292 g/mol. The number of morpholine rings is 1. The van der Waals surface area contributed by atoms with Crippen LogP contribution < -0.4 is 5.32 Å². The normalized spacial score (nSPS) is 21.2. The molecule has 2 unspecified atom stereocenters. The second kappa shape index (κ2) is 7.44. The minimum absolute atomic E-state index is 0.000886. The molecule has 1 aromatic rings. The topological polar surface area (TPSA) is 89.2 Å². The summed E-state index contributed by atoms with van der Waals surface area (Å²) in [5.74, 6) is -0.337. The van der Waals surface area contributed by atoms with E-state index in [1.54, 1.807) is 29.2 Å². The smallest absolute Gasteiger partial charge is 0.266 e. The van der Waals surface area contributed by atoms with Crippen molar-refractivity contribution in [3.05, 3.63) is 41.6 Å². The molecule has 1 aromatic carbocycles. The minimum atomic E-state index is -0.337. The molecule has 0 aromatic heterocycles. The highest BCUT2D eigenvalue weighted by Gasteiger charge is 2.27. The summed E-state index contributed by atoms with van der Waals surface area (Å²) in [5, 5.41) is 21.2. The van der Waals surface area contributed by atoms with Crippen molar-refractivity contribution in [1.82, 2.24) is 4.90 Å². The number of hydrogen-bond acceptors (Lipinski definition) is 5. The van der Waals surface area contributed by atoms with E-state index in [-0.39, 0.29) is 23.7 Å². The molecule has 0 radical (unpaired) electrons. The number of benzene rings is 1. The zero-order valence-corrected chi connectivity index (χ0v) is 13.1. The Bertz CT molecular complexity index is 689. The highest BCUT2D eigenvalue weighted by Crippen LogP contribution is 2.16. The molecule has 1 saturated heterocycles. The van der Waals surface area contributed by atoms with Crippen LogP contribution in [-0.2, 0) is 9.53 Å². The number of ether oxygens (including phenoxy) is 1. The number of nitrogens with one attached hydrogen (secondary N) is 1. The quantitative estimate of drug-likeness (QED) is 0.681. The second-order valence-corrected chi connectivity index (χ2v) is 5.44. The molecule has 1 heterocycles. The van der Waals surface area contributed by atoms with Crippen molar-refractivity contribution in [1.29, 1.82) is 10.5 Å². The van der Waals surface area contributed by atoms with E-state index in [4.69, 9.17) is 10.00 Å². The monoisotopic (exact) mass is 310 g/mol. The fourth-order valence-corrected chi connectivity index (χ4v) is 2.51. The van der Waals surface area contributed by atoms with Gasteiger partial charge in [-0.3, -0.25) is 4.79 Å². The van der Waals surface area contributed by atoms with Crippen molar-refractivity contribution >= 4 is 11.6 Å². The van der Waals surface area contributed by atoms with Gasteiger partial charge in [-0.05, 0) is 26.0 Å². The van der Waals surface area contributed by atoms with Crippen LogP contribution in [0.15, 0.2) is 36.0 Å². The van der Waals surface area contributed by atoms with E-state index >= 15 is 0 Å². The Morgan fingerprint density at radius 1 is 1.30 bits per heavy atom. The fourth-order valence-electron chi connectivity index (χ4n) is 2.51. The van der Waals surface area contributed by atoms with Crippen LogP contribution in [0.3, 0.4) is 0 Å². The van der Waals surface area contributed by atoms with Crippen LogP contribution in [0, 0.1) is 22.7 Å². The maximum atomic E-state index is 12.5. The van der Waals surface area contributed by atoms with Gasteiger partial charge < -0.3 is 15.0 Å². The van der Waals surface area contributed by atoms with Crippen molar-refractivity contribution in [2.24, 2.45) is 0 Å². The van der Waals surface area contributed by atoms with Gasteiger partial charge in [-0.25, -0.2) is 0 Å². The third-order valence-electron chi connectivity index (χ3n) is 3.48. The van der Waals surface area contributed by atoms with Crippen LogP contribution in [0.25, 0.3) is 0 Å². The molecule has 1 aliphatic rings. The Hall–Kier alpha value is -2.83. The van der Waals surface area contributed by atoms with E-state index in [2.05, 4.69) is 11.4 Å². The molecule has 1 aliphatic heterocycles. The summed E-state index contributed by atoms with van der Waals surface area (Å²) in [4.78, 5) is 14.1. The summed E-state index contributed by atoms with van der Waals surface area (Å²) < 4.78 is 5.59. The van der Waals surface area contributed by atoms with E-state index in [0.717, 1.165) is 0 Å². The Morgan fingerprint density at radius 3 is 2.57 bits per heavy atom. The highest BCUT2D eigenvalue weighted by atomic mass is 16.5. The first-order chi connectivity index (χ1) is 11.0. The molecule has 1 amide bonds. The Kier molecular flexibility index (Phi) is 5.35. The molecule has 1 fully saturated rings. The number of amides is 1. The lowest BCUT2D eigenvalue weighted by Gasteiger charge is -2.35. The third kappa shape index (κ3) is 4.09. The minimum Gasteiger partial charge on any atom is -0.372 e. The van der Waals surface area contributed by atoms with Gasteiger partial charge in [0.2, 0.25) is 0 Å². The van der Waals surface area contributed by atoms with Crippen LogP contribution >= 0.6 is 0 Å². The molecule has 118 valence electrons. The van der Waals surface area contributed by atoms with Crippen LogP contribution in [0.2, 0.25) is 0 Å². The summed E-state index contributed by atoms with van der Waals surface area (Å²) in [6, 6.07) is 10.9. The SMILES string of the molecule is CC1CN(C(=O)/C(C#N)=C\Nc2ccccc2C#N)CC(C)O1. The molecule has 2 atom stereocenters. The molecule has 6 heteroatoms. The average Bonchev–Trinajstić information content (AvgIpc) is 2.54. The van der Waals surface area contributed by atoms with Gasteiger partial charge in [-0.15, -0.1) is 0 Å². The summed E-state index contributed by atoms with van der Waals surface area (Å²) in [7, 11) is 0. The zero-order chi connectivity index (χ0) is 16.8. The van der Waals surface area contributed by atoms with Crippen molar-refractivity contribution in [3.8, 4) is 12.1 Å². The molecule has 6 nitrogen and oxygen atoms in total. The average molecular weight is 310 g/mol. The first-order valence-corrected chi connectivity index (χ1v) is 7.35. The zero-order valence-electron chi connectivity index (χ0n) is 13.1. The predicted octanol–water partition coefficient (Wildman–Crippen LogP) is 2.01. The maximum Gasteiger partial charge on any atom is 0.266 e. The molecular formula is C17H18N4O2. The van der Waals surface area contributed by atoms with Gasteiger partial charge in [0, 0.05) is 19.3 Å². The summed E-state index contributed by atoms with van der Waals surface area (Å²) in [6.07, 6.45) is 1.23. The van der Waals surface area contributed by atoms with E-state index in [9.17, 15) is 10.1 Å². The Balaban J connectivity index is 2.14. The van der Waals surface area contributed by atoms with Crippen LogP contribution in [0.5, 0.6) is 0 Å². The van der Waals surface area contributed by atoms with Gasteiger partial charge in [-0.2, -0.15) is 10.5 Å². The molecule has 0 aliphatic carbocycles. The number of anilines is 1. The van der Waals surface area contributed by atoms with E-state index < -0.39 is 0 Å². The number of hydrogen-bond donors (Lipinski definition) is 1. The number of nitrogens with zero attached hydrogens (tertiary/aromatic N) is 3. The predicted molar refractivity (Wildman–Crippen MR) is 85.1 cm³/mol. The van der Waals surface area contributed by atoms with Gasteiger partial charge in [-0.1, -0.05) is 12.1 Å².